The van der Waals surface area contributed by atoms with Crippen LogP contribution in [0.5, 0.6) is 11.5 Å². The van der Waals surface area contributed by atoms with E-state index in [-0.39, 0.29) is 18.2 Å². The van der Waals surface area contributed by atoms with Crippen molar-refractivity contribution in [1.29, 1.82) is 0 Å². The van der Waals surface area contributed by atoms with E-state index >= 15 is 0 Å². The van der Waals surface area contributed by atoms with Gasteiger partial charge < -0.3 is 14.8 Å². The summed E-state index contributed by atoms with van der Waals surface area (Å²) < 4.78 is 11.2. The van der Waals surface area contributed by atoms with Crippen LogP contribution in [0, 0.1) is 10.1 Å². The number of thiazole rings is 1. The average Bonchev–Trinajstić information content (AvgIpc) is 3.49. The number of non-ortho nitro benzene ring substituents is 1. The number of hydrogen-bond donors (Lipinski definition) is 2. The van der Waals surface area contributed by atoms with Crippen molar-refractivity contribution < 1.29 is 19.2 Å². The molecule has 42 heavy (non-hydrogen) atoms. The molecule has 2 N–H and O–H groups in total. The number of nitrogens with one attached hydrogen (secondary N) is 2. The number of nitro benzene ring substituents is 1. The van der Waals surface area contributed by atoms with Crippen molar-refractivity contribution in [3.05, 3.63) is 129 Å². The molecule has 0 aliphatic heterocycles. The first-order valence-electron chi connectivity index (χ1n) is 12.7. The van der Waals surface area contributed by atoms with Crippen LogP contribution in [0.15, 0.2) is 108 Å². The second kappa shape index (κ2) is 13.2. The van der Waals surface area contributed by atoms with Gasteiger partial charge in [-0.25, -0.2) is 10.4 Å². The largest absolute Gasteiger partial charge is 0.493 e. The van der Waals surface area contributed by atoms with Crippen LogP contribution in [0.25, 0.3) is 11.3 Å². The number of nitro groups is 1. The monoisotopic (exact) mass is 579 g/mol. The van der Waals surface area contributed by atoms with Gasteiger partial charge >= 0.3 is 0 Å². The van der Waals surface area contributed by atoms with E-state index in [0.29, 0.717) is 22.6 Å². The highest BCUT2D eigenvalue weighted by Crippen LogP contribution is 2.29. The average molecular weight is 580 g/mol. The highest BCUT2D eigenvalue weighted by atomic mass is 32.1. The maximum atomic E-state index is 12.6. The van der Waals surface area contributed by atoms with Crippen molar-refractivity contribution in [1.82, 2.24) is 10.4 Å². The quantitative estimate of drug-likeness (QED) is 0.0999. The van der Waals surface area contributed by atoms with Gasteiger partial charge in [0, 0.05) is 34.3 Å². The van der Waals surface area contributed by atoms with Crippen LogP contribution in [0.2, 0.25) is 0 Å². The molecule has 0 saturated heterocycles. The van der Waals surface area contributed by atoms with E-state index in [1.807, 2.05) is 47.8 Å². The van der Waals surface area contributed by atoms with Gasteiger partial charge in [-0.3, -0.25) is 14.9 Å². The molecule has 5 aromatic rings. The molecule has 210 valence electrons. The molecule has 0 aliphatic carbocycles. The lowest BCUT2D eigenvalue weighted by molar-refractivity contribution is -0.384. The Bertz CT molecular complexity index is 1700. The maximum absolute atomic E-state index is 12.6. The van der Waals surface area contributed by atoms with Crippen LogP contribution in [0.3, 0.4) is 0 Å². The predicted molar refractivity (Wildman–Crippen MR) is 163 cm³/mol. The van der Waals surface area contributed by atoms with Crippen molar-refractivity contribution in [3.63, 3.8) is 0 Å². The van der Waals surface area contributed by atoms with E-state index in [1.54, 1.807) is 42.5 Å². The van der Waals surface area contributed by atoms with E-state index in [4.69, 9.17) is 9.47 Å². The molecule has 10 nitrogen and oxygen atoms in total. The van der Waals surface area contributed by atoms with Crippen molar-refractivity contribution in [2.75, 3.05) is 12.4 Å². The molecule has 1 heterocycles. The summed E-state index contributed by atoms with van der Waals surface area (Å²) in [5.41, 5.74) is 7.23. The Morgan fingerprint density at radius 2 is 1.76 bits per heavy atom. The lowest BCUT2D eigenvalue weighted by atomic mass is 10.2. The van der Waals surface area contributed by atoms with Crippen LogP contribution in [-0.2, 0) is 6.61 Å². The number of benzene rings is 4. The number of anilines is 2. The number of aromatic nitrogens is 1. The fraction of sp³-hybridized carbons (Fsp3) is 0.0645. The summed E-state index contributed by atoms with van der Waals surface area (Å²) in [5.74, 6) is 0.625. The Labute approximate surface area is 245 Å². The van der Waals surface area contributed by atoms with Crippen LogP contribution in [0.4, 0.5) is 16.5 Å². The molecule has 1 amide bonds. The lowest BCUT2D eigenvalue weighted by Crippen LogP contribution is -2.17. The highest BCUT2D eigenvalue weighted by Gasteiger charge is 2.09. The van der Waals surface area contributed by atoms with Gasteiger partial charge in [-0.05, 0) is 65.7 Å². The smallest absolute Gasteiger partial charge is 0.271 e. The van der Waals surface area contributed by atoms with Gasteiger partial charge in [0.25, 0.3) is 11.6 Å². The summed E-state index contributed by atoms with van der Waals surface area (Å²) in [6.45, 7) is 0.213. The first kappa shape index (κ1) is 28.0. The Hall–Kier alpha value is -5.55. The van der Waals surface area contributed by atoms with Crippen molar-refractivity contribution in [3.8, 4) is 22.8 Å². The van der Waals surface area contributed by atoms with E-state index in [2.05, 4.69) is 20.8 Å². The first-order chi connectivity index (χ1) is 20.5. The summed E-state index contributed by atoms with van der Waals surface area (Å²) in [6, 6.07) is 28.3. The predicted octanol–water partition coefficient (Wildman–Crippen LogP) is 6.81. The summed E-state index contributed by atoms with van der Waals surface area (Å²) in [4.78, 5) is 27.6. The van der Waals surface area contributed by atoms with Crippen molar-refractivity contribution in [2.45, 2.75) is 6.61 Å². The van der Waals surface area contributed by atoms with E-state index in [9.17, 15) is 14.9 Å². The fourth-order valence-corrected chi connectivity index (χ4v) is 4.63. The van der Waals surface area contributed by atoms with Crippen LogP contribution in [0.1, 0.15) is 21.5 Å². The zero-order chi connectivity index (χ0) is 29.3. The summed E-state index contributed by atoms with van der Waals surface area (Å²) in [6.07, 6.45) is 1.50. The molecule has 0 fully saturated rings. The fourth-order valence-electron chi connectivity index (χ4n) is 3.89. The molecule has 0 radical (unpaired) electrons. The van der Waals surface area contributed by atoms with Gasteiger partial charge in [-0.2, -0.15) is 5.10 Å². The van der Waals surface area contributed by atoms with Crippen LogP contribution >= 0.6 is 11.3 Å². The maximum Gasteiger partial charge on any atom is 0.271 e. The number of amides is 1. The molecule has 0 bridgehead atoms. The topological polar surface area (TPSA) is 128 Å². The second-order valence-corrected chi connectivity index (χ2v) is 9.79. The summed E-state index contributed by atoms with van der Waals surface area (Å²) in [7, 11) is 1.52. The standard InChI is InChI=1S/C31H25N5O5S/c1-40-29-17-22(9-16-28(29)41-19-21-7-14-26(15-8-21)36(38)39)18-32-35-30(37)24-10-12-25(13-11-24)33-31-34-27(20-42-31)23-5-3-2-4-6-23/h2-18,20H,19H2,1H3,(H,33,34)(H,35,37). The zero-order valence-electron chi connectivity index (χ0n) is 22.4. The Kier molecular flexibility index (Phi) is 8.80. The van der Waals surface area contributed by atoms with Gasteiger partial charge in [0.15, 0.2) is 16.6 Å². The number of carbonyl (C=O) groups excluding carboxylic acids is 1. The molecular weight excluding hydrogens is 554 g/mol. The molecule has 0 saturated carbocycles. The molecule has 4 aromatic carbocycles. The molecule has 1 aromatic heterocycles. The van der Waals surface area contributed by atoms with Crippen molar-refractivity contribution >= 4 is 40.0 Å². The molecule has 0 spiro atoms. The van der Waals surface area contributed by atoms with Gasteiger partial charge in [0.05, 0.1) is 23.9 Å². The normalized spacial score (nSPS) is 10.8. The third-order valence-corrected chi connectivity index (χ3v) is 6.84. The molecule has 0 unspecified atom stereocenters. The number of rotatable bonds is 11. The van der Waals surface area contributed by atoms with Gasteiger partial charge in [0.1, 0.15) is 6.61 Å². The number of nitrogens with zero attached hydrogens (tertiary/aromatic N) is 3. The van der Waals surface area contributed by atoms with Crippen LogP contribution in [-0.4, -0.2) is 29.1 Å². The molecule has 0 atom stereocenters. The van der Waals surface area contributed by atoms with E-state index in [0.717, 1.165) is 27.6 Å². The molecule has 5 rings (SSSR count). The molecule has 0 aliphatic rings. The highest BCUT2D eigenvalue weighted by molar-refractivity contribution is 7.14. The van der Waals surface area contributed by atoms with Gasteiger partial charge in [-0.15, -0.1) is 11.3 Å². The second-order valence-electron chi connectivity index (χ2n) is 8.93. The SMILES string of the molecule is COc1cc(C=NNC(=O)c2ccc(Nc3nc(-c4ccccc4)cs3)cc2)ccc1OCc1ccc([N+](=O)[O-])cc1. The summed E-state index contributed by atoms with van der Waals surface area (Å²) >= 11 is 1.51. The Morgan fingerprint density at radius 3 is 2.48 bits per heavy atom. The Morgan fingerprint density at radius 1 is 1.00 bits per heavy atom. The zero-order valence-corrected chi connectivity index (χ0v) is 23.2. The van der Waals surface area contributed by atoms with Gasteiger partial charge in [0.2, 0.25) is 0 Å². The minimum Gasteiger partial charge on any atom is -0.493 e. The lowest BCUT2D eigenvalue weighted by Gasteiger charge is -2.11. The molecule has 11 heteroatoms. The number of ether oxygens (including phenoxy) is 2. The Balaban J connectivity index is 1.14. The van der Waals surface area contributed by atoms with E-state index < -0.39 is 4.92 Å². The van der Waals surface area contributed by atoms with Crippen LogP contribution < -0.4 is 20.2 Å². The van der Waals surface area contributed by atoms with Crippen molar-refractivity contribution in [2.24, 2.45) is 5.10 Å². The number of hydrogen-bond acceptors (Lipinski definition) is 9. The van der Waals surface area contributed by atoms with Gasteiger partial charge in [-0.1, -0.05) is 30.3 Å². The molecular formula is C31H25N5O5S. The third-order valence-electron chi connectivity index (χ3n) is 6.08. The number of hydrazone groups is 1. The third kappa shape index (κ3) is 7.14. The summed E-state index contributed by atoms with van der Waals surface area (Å²) in [5, 5.41) is 20.9. The minimum absolute atomic E-state index is 0.0191. The first-order valence-corrected chi connectivity index (χ1v) is 13.6. The number of methoxy groups -OCH3 is 1. The number of carbonyl (C=O) groups is 1. The minimum atomic E-state index is -0.448. The van der Waals surface area contributed by atoms with E-state index in [1.165, 1.54) is 36.8 Å².